The first-order valence-electron chi connectivity index (χ1n) is 10.2. The summed E-state index contributed by atoms with van der Waals surface area (Å²) in [6, 6.07) is 14.0. The van der Waals surface area contributed by atoms with Gasteiger partial charge in [-0.25, -0.2) is 9.78 Å². The highest BCUT2D eigenvalue weighted by molar-refractivity contribution is 7.21. The van der Waals surface area contributed by atoms with Gasteiger partial charge in [0.25, 0.3) is 0 Å². The molecule has 2 aromatic heterocycles. The van der Waals surface area contributed by atoms with Crippen LogP contribution in [-0.4, -0.2) is 37.0 Å². The lowest BCUT2D eigenvalue weighted by Gasteiger charge is -2.20. The van der Waals surface area contributed by atoms with E-state index in [4.69, 9.17) is 4.42 Å². The van der Waals surface area contributed by atoms with E-state index >= 15 is 0 Å². The van der Waals surface area contributed by atoms with Crippen LogP contribution in [0.3, 0.4) is 0 Å². The Hall–Kier alpha value is -3.19. The van der Waals surface area contributed by atoms with E-state index in [1.807, 2.05) is 30.3 Å². The van der Waals surface area contributed by atoms with E-state index in [2.05, 4.69) is 46.2 Å². The average Bonchev–Trinajstić information content (AvgIpc) is 3.43. The van der Waals surface area contributed by atoms with E-state index in [1.54, 1.807) is 0 Å². The van der Waals surface area contributed by atoms with Gasteiger partial charge in [-0.1, -0.05) is 0 Å². The summed E-state index contributed by atoms with van der Waals surface area (Å²) in [5.74, 6) is 0.918. The fraction of sp³-hybridized carbons (Fsp3) is 0.261. The van der Waals surface area contributed by atoms with Crippen molar-refractivity contribution in [3.8, 4) is 10.6 Å². The molecule has 1 aliphatic rings. The largest absolute Gasteiger partial charge is 0.422 e. The van der Waals surface area contributed by atoms with Gasteiger partial charge in [-0.2, -0.15) is 0 Å². The molecular formula is C23H22N4O2S. The van der Waals surface area contributed by atoms with Crippen LogP contribution in [0.25, 0.3) is 31.8 Å². The minimum Gasteiger partial charge on any atom is -0.422 e. The minimum atomic E-state index is -0.361. The molecule has 0 radical (unpaired) electrons. The molecule has 1 N–H and O–H groups in total. The second kappa shape index (κ2) is 7.57. The summed E-state index contributed by atoms with van der Waals surface area (Å²) in [5, 5.41) is 4.86. The normalized spacial score (nSPS) is 13.6. The summed E-state index contributed by atoms with van der Waals surface area (Å²) in [6.07, 6.45) is 0. The molecule has 5 rings (SSSR count). The van der Waals surface area contributed by atoms with Gasteiger partial charge in [-0.3, -0.25) is 4.99 Å². The molecule has 0 aliphatic carbocycles. The molecule has 7 heteroatoms. The van der Waals surface area contributed by atoms with Crippen LogP contribution in [0.5, 0.6) is 0 Å². The number of aliphatic imine (C=N–C) groups is 1. The van der Waals surface area contributed by atoms with Gasteiger partial charge in [0.1, 0.15) is 16.4 Å². The zero-order chi connectivity index (χ0) is 20.7. The van der Waals surface area contributed by atoms with Crippen molar-refractivity contribution in [2.24, 2.45) is 4.99 Å². The predicted molar refractivity (Wildman–Crippen MR) is 124 cm³/mol. The van der Waals surface area contributed by atoms with E-state index in [0.29, 0.717) is 16.2 Å². The van der Waals surface area contributed by atoms with Gasteiger partial charge in [0.05, 0.1) is 22.3 Å². The number of nitrogens with zero attached hydrogens (tertiary/aromatic N) is 3. The monoisotopic (exact) mass is 418 g/mol. The summed E-state index contributed by atoms with van der Waals surface area (Å²) in [6.45, 7) is 7.70. The van der Waals surface area contributed by atoms with Crippen molar-refractivity contribution in [2.45, 2.75) is 13.8 Å². The maximum Gasteiger partial charge on any atom is 0.346 e. The Kier molecular flexibility index (Phi) is 4.75. The van der Waals surface area contributed by atoms with Crippen LogP contribution in [0.15, 0.2) is 56.7 Å². The molecular weight excluding hydrogens is 396 g/mol. The first kappa shape index (κ1) is 18.8. The number of benzene rings is 2. The Morgan fingerprint density at radius 1 is 1.13 bits per heavy atom. The molecule has 3 heterocycles. The van der Waals surface area contributed by atoms with Crippen molar-refractivity contribution >= 4 is 44.0 Å². The maximum absolute atomic E-state index is 12.8. The minimum absolute atomic E-state index is 0.361. The lowest BCUT2D eigenvalue weighted by molar-refractivity contribution is 0.563. The van der Waals surface area contributed by atoms with Crippen LogP contribution in [-0.2, 0) is 0 Å². The molecule has 30 heavy (non-hydrogen) atoms. The zero-order valence-electron chi connectivity index (χ0n) is 16.9. The summed E-state index contributed by atoms with van der Waals surface area (Å²) < 4.78 is 6.71. The van der Waals surface area contributed by atoms with Gasteiger partial charge < -0.3 is 14.6 Å². The van der Waals surface area contributed by atoms with Gasteiger partial charge in [-0.15, -0.1) is 11.3 Å². The van der Waals surface area contributed by atoms with Crippen molar-refractivity contribution in [2.75, 3.05) is 31.1 Å². The molecule has 0 fully saturated rings. The van der Waals surface area contributed by atoms with Gasteiger partial charge in [0, 0.05) is 42.3 Å². The number of aromatic nitrogens is 1. The third-order valence-corrected chi connectivity index (χ3v) is 6.47. The smallest absolute Gasteiger partial charge is 0.346 e. The van der Waals surface area contributed by atoms with Crippen LogP contribution >= 0.6 is 11.3 Å². The van der Waals surface area contributed by atoms with Crippen LogP contribution in [0.2, 0.25) is 0 Å². The topological polar surface area (TPSA) is 70.7 Å². The van der Waals surface area contributed by atoms with Gasteiger partial charge in [-0.05, 0) is 50.2 Å². The molecule has 0 unspecified atom stereocenters. The van der Waals surface area contributed by atoms with Crippen molar-refractivity contribution in [1.82, 2.24) is 10.3 Å². The predicted octanol–water partition coefficient (Wildman–Crippen LogP) is 4.27. The Labute approximate surface area is 177 Å². The number of amidine groups is 1. The van der Waals surface area contributed by atoms with Crippen LogP contribution in [0.1, 0.15) is 19.4 Å². The van der Waals surface area contributed by atoms with Gasteiger partial charge >= 0.3 is 5.63 Å². The molecule has 0 amide bonds. The third kappa shape index (κ3) is 3.25. The summed E-state index contributed by atoms with van der Waals surface area (Å²) in [5.41, 5.74) is 3.71. The summed E-state index contributed by atoms with van der Waals surface area (Å²) in [4.78, 5) is 24.1. The average molecular weight is 419 g/mol. The molecule has 2 aromatic carbocycles. The first-order chi connectivity index (χ1) is 14.7. The second-order valence-corrected chi connectivity index (χ2v) is 8.23. The molecule has 0 spiro atoms. The number of nitrogens with one attached hydrogen (secondary N) is 1. The van der Waals surface area contributed by atoms with Gasteiger partial charge in [0.2, 0.25) is 0 Å². The zero-order valence-corrected chi connectivity index (χ0v) is 17.8. The Balaban J connectivity index is 1.56. The van der Waals surface area contributed by atoms with Gasteiger partial charge in [0.15, 0.2) is 0 Å². The highest BCUT2D eigenvalue weighted by atomic mass is 32.1. The molecule has 0 saturated carbocycles. The molecule has 0 saturated heterocycles. The number of fused-ring (bicyclic) bond motifs is 2. The number of rotatable bonds is 5. The Morgan fingerprint density at radius 3 is 2.77 bits per heavy atom. The first-order valence-corrected chi connectivity index (χ1v) is 11.0. The Morgan fingerprint density at radius 2 is 2.00 bits per heavy atom. The molecule has 6 nitrogen and oxygen atoms in total. The van der Waals surface area contributed by atoms with E-state index in [1.165, 1.54) is 11.3 Å². The third-order valence-electron chi connectivity index (χ3n) is 5.41. The van der Waals surface area contributed by atoms with Crippen molar-refractivity contribution < 1.29 is 4.42 Å². The maximum atomic E-state index is 12.8. The fourth-order valence-corrected chi connectivity index (χ4v) is 4.82. The second-order valence-electron chi connectivity index (χ2n) is 7.20. The highest BCUT2D eigenvalue weighted by Gasteiger charge is 2.15. The standard InChI is InChI=1S/C23H22N4O2S/c1-3-27(4-2)16-7-5-14-11-17(23(28)29-19(14)13-16)22-26-18-8-6-15(12-20(18)30-22)21-24-9-10-25-21/h5-8,11-13H,3-4,9-10H2,1-2H3,(H,24,25). The van der Waals surface area contributed by atoms with E-state index in [0.717, 1.165) is 58.9 Å². The highest BCUT2D eigenvalue weighted by Crippen LogP contribution is 2.31. The van der Waals surface area contributed by atoms with E-state index < -0.39 is 0 Å². The molecule has 4 aromatic rings. The molecule has 0 bridgehead atoms. The quantitative estimate of drug-likeness (QED) is 0.490. The van der Waals surface area contributed by atoms with E-state index in [-0.39, 0.29) is 5.63 Å². The molecule has 0 atom stereocenters. The number of thiazole rings is 1. The van der Waals surface area contributed by atoms with E-state index in [9.17, 15) is 4.79 Å². The summed E-state index contributed by atoms with van der Waals surface area (Å²) >= 11 is 1.50. The van der Waals surface area contributed by atoms with Crippen molar-refractivity contribution in [3.05, 3.63) is 58.4 Å². The fourth-order valence-electron chi connectivity index (χ4n) is 3.81. The lowest BCUT2D eigenvalue weighted by atomic mass is 10.1. The van der Waals surface area contributed by atoms with Crippen molar-refractivity contribution in [3.63, 3.8) is 0 Å². The Bertz CT molecular complexity index is 1330. The lowest BCUT2D eigenvalue weighted by Crippen LogP contribution is -2.21. The number of anilines is 1. The number of hydrogen-bond donors (Lipinski definition) is 1. The van der Waals surface area contributed by atoms with Crippen molar-refractivity contribution in [1.29, 1.82) is 0 Å². The molecule has 1 aliphatic heterocycles. The number of hydrogen-bond acceptors (Lipinski definition) is 7. The van der Waals surface area contributed by atoms with Crippen LogP contribution in [0, 0.1) is 0 Å². The van der Waals surface area contributed by atoms with Crippen LogP contribution < -0.4 is 15.8 Å². The summed E-state index contributed by atoms with van der Waals surface area (Å²) in [7, 11) is 0. The SMILES string of the molecule is CCN(CC)c1ccc2cc(-c3nc4ccc(C5=NCCN5)cc4s3)c(=O)oc2c1. The molecule has 152 valence electrons. The van der Waals surface area contributed by atoms with Crippen LogP contribution in [0.4, 0.5) is 5.69 Å².